The topological polar surface area (TPSA) is 76.4 Å². The van der Waals surface area contributed by atoms with E-state index in [1.165, 1.54) is 0 Å². The van der Waals surface area contributed by atoms with Gasteiger partial charge in [-0.3, -0.25) is 4.79 Å². The lowest BCUT2D eigenvalue weighted by Gasteiger charge is -2.35. The standard InChI is InChI=1S/C28H32N6O2/c1-4-36-28-23(13-14-25(35)33-18-16-32(17-19-33)24-12-8-9-15-29-24)20(2)26-21(3)31-34(27(26)30-28)22-10-6-5-7-11-22/h5-12,15H,4,13-14,16-19H2,1-3H3. The molecule has 0 atom stereocenters. The smallest absolute Gasteiger partial charge is 0.223 e. The number of piperazine rings is 1. The number of anilines is 1. The van der Waals surface area contributed by atoms with Crippen molar-refractivity contribution in [3.63, 3.8) is 0 Å². The highest BCUT2D eigenvalue weighted by Crippen LogP contribution is 2.32. The number of amides is 1. The number of fused-ring (bicyclic) bond motifs is 1. The van der Waals surface area contributed by atoms with Crippen LogP contribution in [0.2, 0.25) is 0 Å². The van der Waals surface area contributed by atoms with Crippen LogP contribution in [0.4, 0.5) is 5.82 Å². The summed E-state index contributed by atoms with van der Waals surface area (Å²) >= 11 is 0. The Bertz CT molecular complexity index is 1350. The van der Waals surface area contributed by atoms with Crippen LogP contribution in [0.5, 0.6) is 5.88 Å². The first-order valence-electron chi connectivity index (χ1n) is 12.6. The molecule has 8 heteroatoms. The molecule has 4 aromatic rings. The Morgan fingerprint density at radius 1 is 1.00 bits per heavy atom. The van der Waals surface area contributed by atoms with Gasteiger partial charge >= 0.3 is 0 Å². The molecule has 1 aliphatic rings. The molecule has 0 bridgehead atoms. The molecule has 36 heavy (non-hydrogen) atoms. The third-order valence-electron chi connectivity index (χ3n) is 6.81. The maximum atomic E-state index is 13.1. The highest BCUT2D eigenvalue weighted by Gasteiger charge is 2.24. The molecule has 1 aromatic carbocycles. The van der Waals surface area contributed by atoms with Crippen LogP contribution in [0.3, 0.4) is 0 Å². The lowest BCUT2D eigenvalue weighted by atomic mass is 10.0. The van der Waals surface area contributed by atoms with Crippen molar-refractivity contribution in [2.45, 2.75) is 33.6 Å². The zero-order valence-corrected chi connectivity index (χ0v) is 21.1. The summed E-state index contributed by atoms with van der Waals surface area (Å²) in [5.74, 6) is 1.72. The number of pyridine rings is 2. The Kier molecular flexibility index (Phi) is 6.84. The number of carbonyl (C=O) groups is 1. The Labute approximate surface area is 211 Å². The predicted octanol–water partition coefficient (Wildman–Crippen LogP) is 4.11. The molecule has 1 fully saturated rings. The van der Waals surface area contributed by atoms with Gasteiger partial charge in [-0.1, -0.05) is 24.3 Å². The summed E-state index contributed by atoms with van der Waals surface area (Å²) in [5, 5.41) is 5.80. The van der Waals surface area contributed by atoms with Crippen molar-refractivity contribution in [1.29, 1.82) is 0 Å². The van der Waals surface area contributed by atoms with E-state index in [2.05, 4.69) is 16.8 Å². The van der Waals surface area contributed by atoms with Gasteiger partial charge in [-0.25, -0.2) is 9.67 Å². The zero-order valence-electron chi connectivity index (χ0n) is 21.1. The van der Waals surface area contributed by atoms with Crippen molar-refractivity contribution in [2.75, 3.05) is 37.7 Å². The number of aryl methyl sites for hydroxylation is 2. The summed E-state index contributed by atoms with van der Waals surface area (Å²) in [6.07, 6.45) is 2.81. The molecule has 3 aromatic heterocycles. The van der Waals surface area contributed by atoms with E-state index in [0.717, 1.165) is 52.4 Å². The number of ether oxygens (including phenoxy) is 1. The Morgan fingerprint density at radius 3 is 2.44 bits per heavy atom. The minimum absolute atomic E-state index is 0.161. The van der Waals surface area contributed by atoms with Crippen molar-refractivity contribution in [1.82, 2.24) is 24.6 Å². The van der Waals surface area contributed by atoms with E-state index in [1.807, 2.05) is 72.0 Å². The van der Waals surface area contributed by atoms with E-state index in [1.54, 1.807) is 6.20 Å². The fourth-order valence-electron chi connectivity index (χ4n) is 4.95. The van der Waals surface area contributed by atoms with Gasteiger partial charge in [0.25, 0.3) is 0 Å². The molecule has 1 aliphatic heterocycles. The highest BCUT2D eigenvalue weighted by molar-refractivity contribution is 5.86. The number of rotatable bonds is 7. The Balaban J connectivity index is 1.34. The number of nitrogens with zero attached hydrogens (tertiary/aromatic N) is 6. The lowest BCUT2D eigenvalue weighted by molar-refractivity contribution is -0.131. The molecule has 0 N–H and O–H groups in total. The maximum Gasteiger partial charge on any atom is 0.223 e. The van der Waals surface area contributed by atoms with Crippen LogP contribution in [0.25, 0.3) is 16.7 Å². The van der Waals surface area contributed by atoms with Crippen LogP contribution in [-0.4, -0.2) is 63.3 Å². The Hall–Kier alpha value is -3.94. The fraction of sp³-hybridized carbons (Fsp3) is 0.357. The second kappa shape index (κ2) is 10.4. The largest absolute Gasteiger partial charge is 0.478 e. The minimum atomic E-state index is 0.161. The molecular weight excluding hydrogens is 452 g/mol. The van der Waals surface area contributed by atoms with Crippen LogP contribution in [0.15, 0.2) is 54.7 Å². The van der Waals surface area contributed by atoms with E-state index in [9.17, 15) is 4.79 Å². The second-order valence-electron chi connectivity index (χ2n) is 9.04. The predicted molar refractivity (Wildman–Crippen MR) is 141 cm³/mol. The van der Waals surface area contributed by atoms with E-state index in [-0.39, 0.29) is 5.91 Å². The molecule has 4 heterocycles. The summed E-state index contributed by atoms with van der Waals surface area (Å²) in [5.41, 5.74) is 4.72. The van der Waals surface area contributed by atoms with Gasteiger partial charge in [-0.2, -0.15) is 10.1 Å². The van der Waals surface area contributed by atoms with Gasteiger partial charge in [0.05, 0.1) is 18.0 Å². The molecular formula is C28H32N6O2. The van der Waals surface area contributed by atoms with Gasteiger partial charge in [0, 0.05) is 49.7 Å². The van der Waals surface area contributed by atoms with Crippen molar-refractivity contribution in [2.24, 2.45) is 0 Å². The molecule has 5 rings (SSSR count). The molecule has 186 valence electrons. The molecule has 0 radical (unpaired) electrons. The normalized spacial score (nSPS) is 13.9. The lowest BCUT2D eigenvalue weighted by Crippen LogP contribution is -2.49. The third-order valence-corrected chi connectivity index (χ3v) is 6.81. The van der Waals surface area contributed by atoms with Crippen LogP contribution in [-0.2, 0) is 11.2 Å². The quantitative estimate of drug-likeness (QED) is 0.393. The number of aromatic nitrogens is 4. The number of para-hydroxylation sites is 1. The monoisotopic (exact) mass is 484 g/mol. The van der Waals surface area contributed by atoms with Crippen molar-refractivity contribution in [3.8, 4) is 11.6 Å². The van der Waals surface area contributed by atoms with Crippen molar-refractivity contribution in [3.05, 3.63) is 71.5 Å². The molecule has 0 aliphatic carbocycles. The number of hydrogen-bond acceptors (Lipinski definition) is 6. The summed E-state index contributed by atoms with van der Waals surface area (Å²) < 4.78 is 7.85. The maximum absolute atomic E-state index is 13.1. The van der Waals surface area contributed by atoms with Gasteiger partial charge in [0.15, 0.2) is 5.65 Å². The summed E-state index contributed by atoms with van der Waals surface area (Å²) in [4.78, 5) is 26.6. The van der Waals surface area contributed by atoms with E-state index >= 15 is 0 Å². The number of carbonyl (C=O) groups excluding carboxylic acids is 1. The van der Waals surface area contributed by atoms with Gasteiger partial charge < -0.3 is 14.5 Å². The molecule has 8 nitrogen and oxygen atoms in total. The average molecular weight is 485 g/mol. The molecule has 0 saturated carbocycles. The van der Waals surface area contributed by atoms with Gasteiger partial charge in [-0.05, 0) is 57.0 Å². The van der Waals surface area contributed by atoms with Crippen molar-refractivity contribution >= 4 is 22.8 Å². The van der Waals surface area contributed by atoms with E-state index in [4.69, 9.17) is 14.8 Å². The van der Waals surface area contributed by atoms with Crippen LogP contribution < -0.4 is 9.64 Å². The van der Waals surface area contributed by atoms with E-state index < -0.39 is 0 Å². The van der Waals surface area contributed by atoms with E-state index in [0.29, 0.717) is 38.4 Å². The summed E-state index contributed by atoms with van der Waals surface area (Å²) in [6.45, 7) is 9.53. The first kappa shape index (κ1) is 23.8. The highest BCUT2D eigenvalue weighted by atomic mass is 16.5. The minimum Gasteiger partial charge on any atom is -0.478 e. The molecule has 1 saturated heterocycles. The number of benzene rings is 1. The first-order valence-corrected chi connectivity index (χ1v) is 12.6. The molecule has 0 spiro atoms. The van der Waals surface area contributed by atoms with Crippen LogP contribution in [0.1, 0.15) is 30.2 Å². The zero-order chi connectivity index (χ0) is 25.1. The average Bonchev–Trinajstić information content (AvgIpc) is 3.25. The molecule has 0 unspecified atom stereocenters. The first-order chi connectivity index (χ1) is 17.6. The summed E-state index contributed by atoms with van der Waals surface area (Å²) in [6, 6.07) is 15.9. The van der Waals surface area contributed by atoms with Gasteiger partial charge in [0.2, 0.25) is 11.8 Å². The second-order valence-corrected chi connectivity index (χ2v) is 9.04. The fourth-order valence-corrected chi connectivity index (χ4v) is 4.95. The molecule has 1 amide bonds. The summed E-state index contributed by atoms with van der Waals surface area (Å²) in [7, 11) is 0. The third kappa shape index (κ3) is 4.63. The van der Waals surface area contributed by atoms with Gasteiger partial charge in [0.1, 0.15) is 5.82 Å². The van der Waals surface area contributed by atoms with Crippen molar-refractivity contribution < 1.29 is 9.53 Å². The van der Waals surface area contributed by atoms with Crippen LogP contribution in [0, 0.1) is 13.8 Å². The number of hydrogen-bond donors (Lipinski definition) is 0. The van der Waals surface area contributed by atoms with Crippen LogP contribution >= 0.6 is 0 Å². The Morgan fingerprint density at radius 2 is 1.75 bits per heavy atom. The SMILES string of the molecule is CCOc1nc2c(c(C)nn2-c2ccccc2)c(C)c1CCC(=O)N1CCN(c2ccccn2)CC1. The van der Waals surface area contributed by atoms with Gasteiger partial charge in [-0.15, -0.1) is 0 Å².